The van der Waals surface area contributed by atoms with Gasteiger partial charge in [-0.2, -0.15) is 0 Å². The highest BCUT2D eigenvalue weighted by molar-refractivity contribution is 6.17. The van der Waals surface area contributed by atoms with Gasteiger partial charge < -0.3 is 4.74 Å². The number of methoxy groups -OCH3 is 1. The van der Waals surface area contributed by atoms with E-state index in [-0.39, 0.29) is 17.7 Å². The number of carbonyl (C=O) groups is 2. The monoisotopic (exact) mass is 295 g/mol. The van der Waals surface area contributed by atoms with Crippen LogP contribution in [0.4, 0.5) is 5.69 Å². The molecule has 0 N–H and O–H groups in total. The second-order valence-corrected chi connectivity index (χ2v) is 5.34. The van der Waals surface area contributed by atoms with Crippen molar-refractivity contribution in [3.8, 4) is 5.75 Å². The molecule has 1 aliphatic rings. The maximum absolute atomic E-state index is 12.4. The van der Waals surface area contributed by atoms with Gasteiger partial charge in [-0.1, -0.05) is 30.3 Å². The van der Waals surface area contributed by atoms with E-state index in [9.17, 15) is 9.59 Å². The lowest BCUT2D eigenvalue weighted by molar-refractivity contribution is -0.129. The largest absolute Gasteiger partial charge is 0.497 e. The van der Waals surface area contributed by atoms with Gasteiger partial charge in [-0.25, -0.2) is 0 Å². The van der Waals surface area contributed by atoms with Crippen LogP contribution in [0.1, 0.15) is 24.3 Å². The van der Waals surface area contributed by atoms with Crippen molar-refractivity contribution in [2.75, 3.05) is 12.0 Å². The lowest BCUT2D eigenvalue weighted by Gasteiger charge is -2.30. The molecule has 0 spiro atoms. The highest BCUT2D eigenvalue weighted by Crippen LogP contribution is 2.32. The zero-order chi connectivity index (χ0) is 15.5. The minimum atomic E-state index is -0.150. The Morgan fingerprint density at radius 2 is 1.50 bits per heavy atom. The Labute approximate surface area is 129 Å². The number of hydrogen-bond acceptors (Lipinski definition) is 3. The van der Waals surface area contributed by atoms with E-state index in [0.29, 0.717) is 18.5 Å². The summed E-state index contributed by atoms with van der Waals surface area (Å²) in [5, 5.41) is 0. The van der Waals surface area contributed by atoms with Gasteiger partial charge in [-0.3, -0.25) is 14.5 Å². The van der Waals surface area contributed by atoms with Crippen molar-refractivity contribution >= 4 is 17.5 Å². The molecular weight excluding hydrogens is 278 g/mol. The normalized spacial score (nSPS) is 16.0. The van der Waals surface area contributed by atoms with Gasteiger partial charge in [0.15, 0.2) is 0 Å². The van der Waals surface area contributed by atoms with Gasteiger partial charge in [0.1, 0.15) is 5.75 Å². The average Bonchev–Trinajstić information content (AvgIpc) is 2.55. The second-order valence-electron chi connectivity index (χ2n) is 5.34. The Kier molecular flexibility index (Phi) is 3.92. The molecule has 0 atom stereocenters. The third-order valence-corrected chi connectivity index (χ3v) is 3.94. The van der Waals surface area contributed by atoms with E-state index in [1.165, 1.54) is 4.90 Å². The van der Waals surface area contributed by atoms with Gasteiger partial charge in [0.2, 0.25) is 11.8 Å². The third-order valence-electron chi connectivity index (χ3n) is 3.94. The molecule has 4 nitrogen and oxygen atoms in total. The zero-order valence-corrected chi connectivity index (χ0v) is 12.4. The summed E-state index contributed by atoms with van der Waals surface area (Å²) in [6.45, 7) is 0. The minimum Gasteiger partial charge on any atom is -0.497 e. The molecule has 2 amide bonds. The number of imide groups is 1. The summed E-state index contributed by atoms with van der Waals surface area (Å²) >= 11 is 0. The molecule has 1 aliphatic heterocycles. The molecule has 0 radical (unpaired) electrons. The van der Waals surface area contributed by atoms with Gasteiger partial charge in [0.25, 0.3) is 0 Å². The molecule has 1 fully saturated rings. The topological polar surface area (TPSA) is 46.6 Å². The number of benzene rings is 2. The summed E-state index contributed by atoms with van der Waals surface area (Å²) in [6, 6.07) is 16.6. The maximum atomic E-state index is 12.4. The molecule has 2 aromatic carbocycles. The molecule has 4 heteroatoms. The first kappa shape index (κ1) is 14.3. The second kappa shape index (κ2) is 6.02. The number of para-hydroxylation sites is 1. The molecule has 0 saturated carbocycles. The molecule has 112 valence electrons. The Balaban J connectivity index is 1.80. The standard InChI is InChI=1S/C18H17NO3/c1-22-16-9-7-13(8-10-16)14-11-17(20)19(18(21)12-14)15-5-3-2-4-6-15/h2-10,14H,11-12H2,1H3. The van der Waals surface area contributed by atoms with Crippen molar-refractivity contribution in [2.45, 2.75) is 18.8 Å². The van der Waals surface area contributed by atoms with E-state index in [0.717, 1.165) is 11.3 Å². The first-order valence-corrected chi connectivity index (χ1v) is 7.24. The van der Waals surface area contributed by atoms with Gasteiger partial charge in [0.05, 0.1) is 12.8 Å². The minimum absolute atomic E-state index is 0.0640. The number of carbonyl (C=O) groups excluding carboxylic acids is 2. The van der Waals surface area contributed by atoms with Crippen LogP contribution >= 0.6 is 0 Å². The molecule has 1 saturated heterocycles. The lowest BCUT2D eigenvalue weighted by atomic mass is 9.88. The van der Waals surface area contributed by atoms with Crippen LogP contribution in [0, 0.1) is 0 Å². The first-order chi connectivity index (χ1) is 10.7. The van der Waals surface area contributed by atoms with Crippen molar-refractivity contribution in [1.29, 1.82) is 0 Å². The zero-order valence-electron chi connectivity index (χ0n) is 12.4. The van der Waals surface area contributed by atoms with Gasteiger partial charge in [-0.05, 0) is 29.8 Å². The molecule has 0 aromatic heterocycles. The van der Waals surface area contributed by atoms with E-state index >= 15 is 0 Å². The summed E-state index contributed by atoms with van der Waals surface area (Å²) in [7, 11) is 1.61. The number of piperidine rings is 1. The van der Waals surface area contributed by atoms with E-state index in [1.54, 1.807) is 19.2 Å². The molecule has 1 heterocycles. The molecule has 22 heavy (non-hydrogen) atoms. The van der Waals surface area contributed by atoms with Crippen molar-refractivity contribution in [2.24, 2.45) is 0 Å². The third kappa shape index (κ3) is 2.72. The van der Waals surface area contributed by atoms with E-state index in [4.69, 9.17) is 4.74 Å². The summed E-state index contributed by atoms with van der Waals surface area (Å²) < 4.78 is 5.13. The predicted octanol–water partition coefficient (Wildman–Crippen LogP) is 3.13. The summed E-state index contributed by atoms with van der Waals surface area (Å²) in [5.74, 6) is 0.403. The summed E-state index contributed by atoms with van der Waals surface area (Å²) in [5.41, 5.74) is 1.64. The molecular formula is C18H17NO3. The first-order valence-electron chi connectivity index (χ1n) is 7.24. The molecule has 0 bridgehead atoms. The molecule has 0 unspecified atom stereocenters. The summed E-state index contributed by atoms with van der Waals surface area (Å²) in [6.07, 6.45) is 0.680. The molecule has 0 aliphatic carbocycles. The summed E-state index contributed by atoms with van der Waals surface area (Å²) in [4.78, 5) is 26.1. The Hall–Kier alpha value is -2.62. The lowest BCUT2D eigenvalue weighted by Crippen LogP contribution is -2.42. The van der Waals surface area contributed by atoms with Crippen LogP contribution in [0.5, 0.6) is 5.75 Å². The van der Waals surface area contributed by atoms with E-state index < -0.39 is 0 Å². The van der Waals surface area contributed by atoms with Crippen LogP contribution in [0.15, 0.2) is 54.6 Å². The average molecular weight is 295 g/mol. The smallest absolute Gasteiger partial charge is 0.234 e. The SMILES string of the molecule is COc1ccc(C2CC(=O)N(c3ccccc3)C(=O)C2)cc1. The number of anilines is 1. The number of hydrogen-bond donors (Lipinski definition) is 0. The number of nitrogens with zero attached hydrogens (tertiary/aromatic N) is 1. The van der Waals surface area contributed by atoms with Gasteiger partial charge in [0, 0.05) is 18.8 Å². The highest BCUT2D eigenvalue weighted by atomic mass is 16.5. The van der Waals surface area contributed by atoms with Crippen LogP contribution in [0.3, 0.4) is 0 Å². The number of rotatable bonds is 3. The van der Waals surface area contributed by atoms with Crippen LogP contribution in [0.2, 0.25) is 0 Å². The van der Waals surface area contributed by atoms with Crippen LogP contribution in [-0.4, -0.2) is 18.9 Å². The molecule has 2 aromatic rings. The fourth-order valence-corrected chi connectivity index (χ4v) is 2.79. The quantitative estimate of drug-likeness (QED) is 0.817. The van der Waals surface area contributed by atoms with Crippen molar-refractivity contribution in [3.05, 3.63) is 60.2 Å². The molecule has 3 rings (SSSR count). The van der Waals surface area contributed by atoms with Crippen molar-refractivity contribution in [1.82, 2.24) is 0 Å². The highest BCUT2D eigenvalue weighted by Gasteiger charge is 2.34. The Bertz CT molecular complexity index is 661. The van der Waals surface area contributed by atoms with Crippen molar-refractivity contribution < 1.29 is 14.3 Å². The van der Waals surface area contributed by atoms with Crippen molar-refractivity contribution in [3.63, 3.8) is 0 Å². The maximum Gasteiger partial charge on any atom is 0.234 e. The number of ether oxygens (including phenoxy) is 1. The Morgan fingerprint density at radius 1 is 0.909 bits per heavy atom. The fourth-order valence-electron chi connectivity index (χ4n) is 2.79. The fraction of sp³-hybridized carbons (Fsp3) is 0.222. The van der Waals surface area contributed by atoms with Gasteiger partial charge in [-0.15, -0.1) is 0 Å². The Morgan fingerprint density at radius 3 is 2.05 bits per heavy atom. The van der Waals surface area contributed by atoms with Gasteiger partial charge >= 0.3 is 0 Å². The van der Waals surface area contributed by atoms with Crippen LogP contribution in [0.25, 0.3) is 0 Å². The van der Waals surface area contributed by atoms with E-state index in [2.05, 4.69) is 0 Å². The van der Waals surface area contributed by atoms with E-state index in [1.807, 2.05) is 42.5 Å². The predicted molar refractivity (Wildman–Crippen MR) is 83.9 cm³/mol. The van der Waals surface area contributed by atoms with Crippen LogP contribution in [-0.2, 0) is 9.59 Å². The number of amides is 2. The van der Waals surface area contributed by atoms with Crippen LogP contribution < -0.4 is 9.64 Å².